The van der Waals surface area contributed by atoms with Crippen molar-refractivity contribution in [1.29, 1.82) is 5.26 Å². The fourth-order valence-electron chi connectivity index (χ4n) is 1.24. The number of methoxy groups -OCH3 is 1. The summed E-state index contributed by atoms with van der Waals surface area (Å²) in [6, 6.07) is 1.89. The van der Waals surface area contributed by atoms with E-state index in [1.165, 1.54) is 0 Å². The number of rotatable bonds is 6. The third-order valence-corrected chi connectivity index (χ3v) is 2.09. The maximum absolute atomic E-state index is 8.97. The molecule has 1 aromatic heterocycles. The van der Waals surface area contributed by atoms with E-state index in [0.717, 1.165) is 12.1 Å². The van der Waals surface area contributed by atoms with Crippen molar-refractivity contribution in [1.82, 2.24) is 15.1 Å². The minimum atomic E-state index is -0.305. The van der Waals surface area contributed by atoms with E-state index in [4.69, 9.17) is 10.00 Å². The van der Waals surface area contributed by atoms with Crippen LogP contribution in [0.2, 0.25) is 0 Å². The Balaban J connectivity index is 2.54. The van der Waals surface area contributed by atoms with Crippen molar-refractivity contribution in [2.45, 2.75) is 19.5 Å². The largest absolute Gasteiger partial charge is 0.383 e. The summed E-state index contributed by atoms with van der Waals surface area (Å²) in [4.78, 5) is 0. The quantitative estimate of drug-likeness (QED) is 0.699. The van der Waals surface area contributed by atoms with Crippen LogP contribution in [0.25, 0.3) is 0 Å². The van der Waals surface area contributed by atoms with Crippen LogP contribution in [0.1, 0.15) is 18.5 Å². The summed E-state index contributed by atoms with van der Waals surface area (Å²) in [5.74, 6) is 0. The SMILES string of the molecule is CCn1cc(C(C#N)NCCOC)cn1. The molecule has 0 aliphatic carbocycles. The molecule has 0 spiro atoms. The van der Waals surface area contributed by atoms with Gasteiger partial charge in [-0.25, -0.2) is 0 Å². The molecule has 1 atom stereocenters. The van der Waals surface area contributed by atoms with Gasteiger partial charge in [0.2, 0.25) is 0 Å². The van der Waals surface area contributed by atoms with E-state index in [-0.39, 0.29) is 6.04 Å². The van der Waals surface area contributed by atoms with Gasteiger partial charge in [-0.1, -0.05) is 0 Å². The standard InChI is InChI=1S/C10H16N4O/c1-3-14-8-9(7-13-14)10(6-11)12-4-5-15-2/h7-8,10,12H,3-5H2,1-2H3. The van der Waals surface area contributed by atoms with E-state index in [1.54, 1.807) is 18.0 Å². The highest BCUT2D eigenvalue weighted by Crippen LogP contribution is 2.10. The number of hydrogen-bond donors (Lipinski definition) is 1. The predicted octanol–water partition coefficient (Wildman–Crippen LogP) is 0.704. The molecule has 0 saturated carbocycles. The van der Waals surface area contributed by atoms with Crippen LogP contribution in [-0.2, 0) is 11.3 Å². The zero-order chi connectivity index (χ0) is 11.1. The average molecular weight is 208 g/mol. The minimum Gasteiger partial charge on any atom is -0.383 e. The second kappa shape index (κ2) is 6.17. The number of aryl methyl sites for hydroxylation is 1. The van der Waals surface area contributed by atoms with Gasteiger partial charge in [-0.15, -0.1) is 0 Å². The molecule has 0 bridgehead atoms. The van der Waals surface area contributed by atoms with Gasteiger partial charge in [0.1, 0.15) is 6.04 Å². The zero-order valence-corrected chi connectivity index (χ0v) is 9.10. The van der Waals surface area contributed by atoms with Gasteiger partial charge in [0.15, 0.2) is 0 Å². The molecule has 0 radical (unpaired) electrons. The smallest absolute Gasteiger partial charge is 0.124 e. The lowest BCUT2D eigenvalue weighted by Crippen LogP contribution is -2.23. The van der Waals surface area contributed by atoms with E-state index in [2.05, 4.69) is 16.5 Å². The van der Waals surface area contributed by atoms with Crippen LogP contribution in [-0.4, -0.2) is 30.0 Å². The van der Waals surface area contributed by atoms with Crippen molar-refractivity contribution >= 4 is 0 Å². The number of aromatic nitrogens is 2. The van der Waals surface area contributed by atoms with E-state index >= 15 is 0 Å². The lowest BCUT2D eigenvalue weighted by atomic mass is 10.2. The van der Waals surface area contributed by atoms with Crippen molar-refractivity contribution in [2.24, 2.45) is 0 Å². The summed E-state index contributed by atoms with van der Waals surface area (Å²) >= 11 is 0. The van der Waals surface area contributed by atoms with Crippen LogP contribution < -0.4 is 5.32 Å². The number of ether oxygens (including phenoxy) is 1. The van der Waals surface area contributed by atoms with E-state index < -0.39 is 0 Å². The molecule has 0 fully saturated rings. The molecular formula is C10H16N4O. The van der Waals surface area contributed by atoms with Crippen LogP contribution >= 0.6 is 0 Å². The Bertz CT molecular complexity index is 328. The van der Waals surface area contributed by atoms with Crippen LogP contribution in [0.5, 0.6) is 0 Å². The predicted molar refractivity (Wildman–Crippen MR) is 56.1 cm³/mol. The van der Waals surface area contributed by atoms with Gasteiger partial charge in [-0.3, -0.25) is 10.00 Å². The lowest BCUT2D eigenvalue weighted by Gasteiger charge is -2.08. The number of hydrogen-bond acceptors (Lipinski definition) is 4. The van der Waals surface area contributed by atoms with Gasteiger partial charge in [0.25, 0.3) is 0 Å². The van der Waals surface area contributed by atoms with Crippen LogP contribution in [0.4, 0.5) is 0 Å². The van der Waals surface area contributed by atoms with E-state index in [0.29, 0.717) is 13.2 Å². The number of nitrogens with one attached hydrogen (secondary N) is 1. The Kier molecular flexibility index (Phi) is 4.81. The first-order valence-electron chi connectivity index (χ1n) is 4.96. The third-order valence-electron chi connectivity index (χ3n) is 2.09. The molecule has 5 nitrogen and oxygen atoms in total. The first kappa shape index (κ1) is 11.7. The highest BCUT2D eigenvalue weighted by Gasteiger charge is 2.11. The molecule has 15 heavy (non-hydrogen) atoms. The summed E-state index contributed by atoms with van der Waals surface area (Å²) < 4.78 is 6.71. The highest BCUT2D eigenvalue weighted by molar-refractivity contribution is 5.17. The van der Waals surface area contributed by atoms with Crippen molar-refractivity contribution in [3.05, 3.63) is 18.0 Å². The highest BCUT2D eigenvalue weighted by atomic mass is 16.5. The lowest BCUT2D eigenvalue weighted by molar-refractivity contribution is 0.198. The Labute approximate surface area is 89.6 Å². The Morgan fingerprint density at radius 2 is 2.53 bits per heavy atom. The molecule has 5 heteroatoms. The molecule has 0 aliphatic heterocycles. The van der Waals surface area contributed by atoms with Crippen LogP contribution in [0.15, 0.2) is 12.4 Å². The summed E-state index contributed by atoms with van der Waals surface area (Å²) in [6.45, 7) is 4.08. The molecule has 0 amide bonds. The molecule has 1 N–H and O–H groups in total. The molecular weight excluding hydrogens is 192 g/mol. The molecule has 0 aliphatic rings. The van der Waals surface area contributed by atoms with Crippen LogP contribution in [0, 0.1) is 11.3 Å². The van der Waals surface area contributed by atoms with Crippen molar-refractivity contribution in [3.8, 4) is 6.07 Å². The van der Waals surface area contributed by atoms with Crippen molar-refractivity contribution in [3.63, 3.8) is 0 Å². The topological polar surface area (TPSA) is 62.9 Å². The maximum Gasteiger partial charge on any atom is 0.124 e. The van der Waals surface area contributed by atoms with E-state index in [9.17, 15) is 0 Å². The summed E-state index contributed by atoms with van der Waals surface area (Å²) in [6.07, 6.45) is 3.60. The van der Waals surface area contributed by atoms with E-state index in [1.807, 2.05) is 13.1 Å². The zero-order valence-electron chi connectivity index (χ0n) is 9.10. The second-order valence-corrected chi connectivity index (χ2v) is 3.14. The second-order valence-electron chi connectivity index (χ2n) is 3.14. The molecule has 1 rings (SSSR count). The Morgan fingerprint density at radius 3 is 3.07 bits per heavy atom. The fraction of sp³-hybridized carbons (Fsp3) is 0.600. The van der Waals surface area contributed by atoms with Crippen molar-refractivity contribution in [2.75, 3.05) is 20.3 Å². The summed E-state index contributed by atoms with van der Waals surface area (Å²) in [5.41, 5.74) is 0.899. The average Bonchev–Trinajstić information content (AvgIpc) is 2.73. The first-order chi connectivity index (χ1) is 7.31. The van der Waals surface area contributed by atoms with Gasteiger partial charge in [-0.2, -0.15) is 10.4 Å². The number of nitrogens with zero attached hydrogens (tertiary/aromatic N) is 3. The molecule has 0 aromatic carbocycles. The normalized spacial score (nSPS) is 12.3. The maximum atomic E-state index is 8.97. The van der Waals surface area contributed by atoms with Gasteiger partial charge >= 0.3 is 0 Å². The summed E-state index contributed by atoms with van der Waals surface area (Å²) in [7, 11) is 1.64. The monoisotopic (exact) mass is 208 g/mol. The first-order valence-corrected chi connectivity index (χ1v) is 4.96. The fourth-order valence-corrected chi connectivity index (χ4v) is 1.24. The molecule has 1 heterocycles. The Hall–Kier alpha value is -1.38. The number of nitriles is 1. The molecule has 82 valence electrons. The molecule has 0 saturated heterocycles. The third kappa shape index (κ3) is 3.35. The van der Waals surface area contributed by atoms with Gasteiger partial charge in [0, 0.05) is 32.0 Å². The minimum absolute atomic E-state index is 0.305. The van der Waals surface area contributed by atoms with Crippen molar-refractivity contribution < 1.29 is 4.74 Å². The van der Waals surface area contributed by atoms with Gasteiger partial charge < -0.3 is 4.74 Å². The van der Waals surface area contributed by atoms with Crippen LogP contribution in [0.3, 0.4) is 0 Å². The molecule has 1 unspecified atom stereocenters. The Morgan fingerprint density at radius 1 is 1.73 bits per heavy atom. The summed E-state index contributed by atoms with van der Waals surface area (Å²) in [5, 5.41) is 16.2. The van der Waals surface area contributed by atoms with Gasteiger partial charge in [0.05, 0.1) is 18.9 Å². The van der Waals surface area contributed by atoms with Gasteiger partial charge in [-0.05, 0) is 6.92 Å². The molecule has 1 aromatic rings.